The summed E-state index contributed by atoms with van der Waals surface area (Å²) in [4.78, 5) is 4.57. The molecule has 0 aliphatic heterocycles. The van der Waals surface area contributed by atoms with Gasteiger partial charge in [-0.1, -0.05) is 12.1 Å². The average Bonchev–Trinajstić information content (AvgIpc) is 2.78. The van der Waals surface area contributed by atoms with Gasteiger partial charge >= 0.3 is 0 Å². The van der Waals surface area contributed by atoms with Gasteiger partial charge < -0.3 is 9.72 Å². The van der Waals surface area contributed by atoms with Gasteiger partial charge in [0.25, 0.3) is 0 Å². The van der Waals surface area contributed by atoms with Crippen molar-refractivity contribution in [1.82, 2.24) is 9.38 Å². The molecule has 96 valence electrons. The van der Waals surface area contributed by atoms with E-state index in [0.29, 0.717) is 0 Å². The molecule has 0 saturated heterocycles. The van der Waals surface area contributed by atoms with Gasteiger partial charge in [0.05, 0.1) is 12.2 Å². The van der Waals surface area contributed by atoms with Crippen LogP contribution in [0.15, 0.2) is 48.8 Å². The number of benzene rings is 1. The highest BCUT2D eigenvalue weighted by Gasteiger charge is 2.01. The van der Waals surface area contributed by atoms with Crippen LogP contribution >= 0.6 is 0 Å². The minimum absolute atomic E-state index is 0.741. The summed E-state index contributed by atoms with van der Waals surface area (Å²) >= 11 is 0. The Morgan fingerprint density at radius 3 is 2.63 bits per heavy atom. The molecule has 0 fully saturated rings. The van der Waals surface area contributed by atoms with Crippen LogP contribution in [0.4, 0.5) is 5.69 Å². The molecule has 0 unspecified atom stereocenters. The van der Waals surface area contributed by atoms with E-state index in [9.17, 15) is 0 Å². The summed E-state index contributed by atoms with van der Waals surface area (Å²) in [5, 5.41) is 3.43. The molecule has 0 atom stereocenters. The summed E-state index contributed by atoms with van der Waals surface area (Å²) in [7, 11) is 0. The van der Waals surface area contributed by atoms with Crippen molar-refractivity contribution in [1.29, 1.82) is 0 Å². The summed E-state index contributed by atoms with van der Waals surface area (Å²) in [5.74, 6) is 0. The average molecular weight is 251 g/mol. The molecule has 0 bridgehead atoms. The fourth-order valence-electron chi connectivity index (χ4n) is 2.34. The number of imidazole rings is 1. The lowest BCUT2D eigenvalue weighted by Gasteiger charge is -2.06. The highest BCUT2D eigenvalue weighted by atomic mass is 15.0. The Morgan fingerprint density at radius 1 is 1.11 bits per heavy atom. The van der Waals surface area contributed by atoms with Gasteiger partial charge in [0.2, 0.25) is 0 Å². The van der Waals surface area contributed by atoms with Crippen LogP contribution in [-0.4, -0.2) is 9.38 Å². The Hall–Kier alpha value is -2.29. The quantitative estimate of drug-likeness (QED) is 0.771. The topological polar surface area (TPSA) is 29.3 Å². The van der Waals surface area contributed by atoms with E-state index >= 15 is 0 Å². The van der Waals surface area contributed by atoms with Gasteiger partial charge in [-0.3, -0.25) is 0 Å². The third-order valence-corrected chi connectivity index (χ3v) is 3.11. The number of pyridine rings is 1. The molecular weight excluding hydrogens is 234 g/mol. The SMILES string of the molecule is Cc1cc(C)cc(NCc2cn3ccccc3n2)c1. The summed E-state index contributed by atoms with van der Waals surface area (Å²) in [6, 6.07) is 12.5. The highest BCUT2D eigenvalue weighted by Crippen LogP contribution is 2.15. The van der Waals surface area contributed by atoms with Crippen molar-refractivity contribution in [2.24, 2.45) is 0 Å². The lowest BCUT2D eigenvalue weighted by molar-refractivity contribution is 1.08. The van der Waals surface area contributed by atoms with Crippen LogP contribution in [0.1, 0.15) is 16.8 Å². The number of rotatable bonds is 3. The minimum Gasteiger partial charge on any atom is -0.379 e. The van der Waals surface area contributed by atoms with Crippen LogP contribution in [0, 0.1) is 13.8 Å². The summed E-state index contributed by atoms with van der Waals surface area (Å²) < 4.78 is 2.04. The van der Waals surface area contributed by atoms with Gasteiger partial charge in [0.15, 0.2) is 0 Å². The summed E-state index contributed by atoms with van der Waals surface area (Å²) in [6.07, 6.45) is 4.08. The highest BCUT2D eigenvalue weighted by molar-refractivity contribution is 5.49. The standard InChI is InChI=1S/C16H17N3/c1-12-7-13(2)9-14(8-12)17-10-15-11-19-6-4-3-5-16(19)18-15/h3-9,11,17H,10H2,1-2H3. The molecule has 3 heteroatoms. The Bertz CT molecular complexity index is 660. The molecule has 0 radical (unpaired) electrons. The molecule has 3 rings (SSSR count). The number of fused-ring (bicyclic) bond motifs is 1. The van der Waals surface area contributed by atoms with Crippen molar-refractivity contribution in [3.05, 3.63) is 65.6 Å². The Labute approximate surface area is 112 Å². The first-order valence-electron chi connectivity index (χ1n) is 6.45. The van der Waals surface area contributed by atoms with Gasteiger partial charge in [0, 0.05) is 18.1 Å². The van der Waals surface area contributed by atoms with E-state index in [-0.39, 0.29) is 0 Å². The number of anilines is 1. The van der Waals surface area contributed by atoms with Crippen LogP contribution in [-0.2, 0) is 6.54 Å². The molecule has 2 heterocycles. The molecule has 1 N–H and O–H groups in total. The van der Waals surface area contributed by atoms with Gasteiger partial charge in [-0.15, -0.1) is 0 Å². The third kappa shape index (κ3) is 2.60. The van der Waals surface area contributed by atoms with Gasteiger partial charge in [-0.05, 0) is 49.2 Å². The van der Waals surface area contributed by atoms with Crippen LogP contribution in [0.3, 0.4) is 0 Å². The van der Waals surface area contributed by atoms with Crippen LogP contribution in [0.5, 0.6) is 0 Å². The number of aryl methyl sites for hydroxylation is 2. The second-order valence-corrected chi connectivity index (χ2v) is 4.93. The lowest BCUT2D eigenvalue weighted by atomic mass is 10.1. The van der Waals surface area contributed by atoms with Crippen molar-refractivity contribution >= 4 is 11.3 Å². The van der Waals surface area contributed by atoms with E-state index in [0.717, 1.165) is 23.6 Å². The summed E-state index contributed by atoms with van der Waals surface area (Å²) in [6.45, 7) is 4.97. The zero-order valence-corrected chi connectivity index (χ0v) is 11.2. The van der Waals surface area contributed by atoms with E-state index in [1.165, 1.54) is 11.1 Å². The van der Waals surface area contributed by atoms with E-state index < -0.39 is 0 Å². The van der Waals surface area contributed by atoms with E-state index in [1.54, 1.807) is 0 Å². The van der Waals surface area contributed by atoms with Gasteiger partial charge in [0.1, 0.15) is 5.65 Å². The Kier molecular flexibility index (Phi) is 2.95. The van der Waals surface area contributed by atoms with Crippen molar-refractivity contribution in [3.8, 4) is 0 Å². The fraction of sp³-hybridized carbons (Fsp3) is 0.188. The molecule has 0 amide bonds. The lowest BCUT2D eigenvalue weighted by Crippen LogP contribution is -2.00. The molecule has 3 aromatic rings. The molecular formula is C16H17N3. The minimum atomic E-state index is 0.741. The maximum absolute atomic E-state index is 4.57. The predicted octanol–water partition coefficient (Wildman–Crippen LogP) is 3.56. The number of nitrogens with one attached hydrogen (secondary N) is 1. The normalized spacial score (nSPS) is 10.8. The van der Waals surface area contributed by atoms with Crippen LogP contribution in [0.25, 0.3) is 5.65 Å². The maximum atomic E-state index is 4.57. The van der Waals surface area contributed by atoms with Gasteiger partial charge in [-0.25, -0.2) is 4.98 Å². The number of aromatic nitrogens is 2. The van der Waals surface area contributed by atoms with Crippen molar-refractivity contribution in [2.45, 2.75) is 20.4 Å². The first-order chi connectivity index (χ1) is 9.20. The first kappa shape index (κ1) is 11.8. The molecule has 3 nitrogen and oxygen atoms in total. The second-order valence-electron chi connectivity index (χ2n) is 4.93. The first-order valence-corrected chi connectivity index (χ1v) is 6.45. The smallest absolute Gasteiger partial charge is 0.137 e. The molecule has 19 heavy (non-hydrogen) atoms. The molecule has 0 aliphatic rings. The zero-order valence-electron chi connectivity index (χ0n) is 11.2. The van der Waals surface area contributed by atoms with E-state index in [2.05, 4.69) is 48.5 Å². The molecule has 0 saturated carbocycles. The molecule has 2 aromatic heterocycles. The van der Waals surface area contributed by atoms with Gasteiger partial charge in [-0.2, -0.15) is 0 Å². The van der Waals surface area contributed by atoms with Crippen molar-refractivity contribution in [2.75, 3.05) is 5.32 Å². The van der Waals surface area contributed by atoms with E-state index in [4.69, 9.17) is 0 Å². The maximum Gasteiger partial charge on any atom is 0.137 e. The predicted molar refractivity (Wildman–Crippen MR) is 78.4 cm³/mol. The summed E-state index contributed by atoms with van der Waals surface area (Å²) in [5.41, 5.74) is 5.73. The van der Waals surface area contributed by atoms with Crippen LogP contribution < -0.4 is 5.32 Å². The van der Waals surface area contributed by atoms with E-state index in [1.807, 2.05) is 28.8 Å². The third-order valence-electron chi connectivity index (χ3n) is 3.11. The second kappa shape index (κ2) is 4.76. The van der Waals surface area contributed by atoms with Crippen molar-refractivity contribution < 1.29 is 0 Å². The monoisotopic (exact) mass is 251 g/mol. The zero-order chi connectivity index (χ0) is 13.2. The molecule has 0 spiro atoms. The largest absolute Gasteiger partial charge is 0.379 e. The number of hydrogen-bond acceptors (Lipinski definition) is 2. The fourth-order valence-corrected chi connectivity index (χ4v) is 2.34. The number of hydrogen-bond donors (Lipinski definition) is 1. The molecule has 0 aliphatic carbocycles. The molecule has 1 aromatic carbocycles. The number of nitrogens with zero attached hydrogens (tertiary/aromatic N) is 2. The Balaban J connectivity index is 1.78. The van der Waals surface area contributed by atoms with Crippen LogP contribution in [0.2, 0.25) is 0 Å². The van der Waals surface area contributed by atoms with Crippen molar-refractivity contribution in [3.63, 3.8) is 0 Å². The Morgan fingerprint density at radius 2 is 1.89 bits per heavy atom.